The average molecular weight is 225 g/mol. The topological polar surface area (TPSA) is 12.9 Å². The molecule has 4 heteroatoms. The van der Waals surface area contributed by atoms with Crippen LogP contribution in [0.1, 0.15) is 17.0 Å². The Morgan fingerprint density at radius 3 is 1.75 bits per heavy atom. The van der Waals surface area contributed by atoms with Gasteiger partial charge in [0.1, 0.15) is 0 Å². The van der Waals surface area contributed by atoms with Crippen molar-refractivity contribution in [2.45, 2.75) is 17.6 Å². The molecule has 1 aromatic rings. The summed E-state index contributed by atoms with van der Waals surface area (Å²) in [4.78, 5) is 4.20. The summed E-state index contributed by atoms with van der Waals surface area (Å²) in [5.74, 6) is 1.26. The Hall–Kier alpha value is 0.0200. The fourth-order valence-corrected chi connectivity index (χ4v) is 1.36. The van der Waals surface area contributed by atoms with Crippen molar-refractivity contribution in [2.75, 3.05) is 0 Å². The Labute approximate surface area is 86.7 Å². The summed E-state index contributed by atoms with van der Waals surface area (Å²) in [7, 11) is 0. The van der Waals surface area contributed by atoms with Crippen LogP contribution in [0.3, 0.4) is 0 Å². The molecule has 1 nitrogen and oxygen atoms in total. The summed E-state index contributed by atoms with van der Waals surface area (Å²) in [5, 5.41) is 0. The lowest BCUT2D eigenvalue weighted by molar-refractivity contribution is 1.06. The van der Waals surface area contributed by atoms with Crippen LogP contribution >= 0.6 is 34.8 Å². The lowest BCUT2D eigenvalue weighted by Crippen LogP contribution is -1.94. The third-order valence-corrected chi connectivity index (χ3v) is 2.28. The van der Waals surface area contributed by atoms with E-state index in [1.165, 1.54) is 0 Å². The number of nitrogens with zero attached hydrogens (tertiary/aromatic N) is 1. The molecule has 1 rings (SSSR count). The first-order chi connectivity index (χ1) is 5.80. The Morgan fingerprint density at radius 1 is 0.917 bits per heavy atom. The summed E-state index contributed by atoms with van der Waals surface area (Å²) in [6.07, 6.45) is 0. The highest BCUT2D eigenvalue weighted by Gasteiger charge is 2.00. The molecule has 0 aliphatic carbocycles. The van der Waals surface area contributed by atoms with Crippen molar-refractivity contribution in [1.82, 2.24) is 4.98 Å². The number of halogens is 3. The normalized spacial score (nSPS) is 10.2. The third-order valence-electron chi connectivity index (χ3n) is 1.42. The molecule has 0 saturated carbocycles. The smallest absolute Gasteiger partial charge is 0.0647 e. The van der Waals surface area contributed by atoms with E-state index in [0.717, 1.165) is 17.0 Å². The van der Waals surface area contributed by atoms with Gasteiger partial charge in [0, 0.05) is 5.88 Å². The molecule has 0 amide bonds. The van der Waals surface area contributed by atoms with Gasteiger partial charge in [-0.1, -0.05) is 0 Å². The first kappa shape index (κ1) is 10.1. The van der Waals surface area contributed by atoms with Gasteiger partial charge in [-0.15, -0.1) is 34.8 Å². The minimum atomic E-state index is 0.397. The maximum absolute atomic E-state index is 5.67. The van der Waals surface area contributed by atoms with Crippen molar-refractivity contribution in [1.29, 1.82) is 0 Å². The van der Waals surface area contributed by atoms with E-state index in [1.807, 2.05) is 12.1 Å². The Morgan fingerprint density at radius 2 is 1.42 bits per heavy atom. The van der Waals surface area contributed by atoms with Crippen LogP contribution in [0, 0.1) is 0 Å². The maximum atomic E-state index is 5.67. The van der Waals surface area contributed by atoms with Gasteiger partial charge in [-0.3, -0.25) is 4.98 Å². The molecular weight excluding hydrogens is 216 g/mol. The number of rotatable bonds is 3. The zero-order valence-electron chi connectivity index (χ0n) is 6.36. The predicted molar refractivity (Wildman–Crippen MR) is 52.9 cm³/mol. The van der Waals surface area contributed by atoms with Crippen molar-refractivity contribution in [3.63, 3.8) is 0 Å². The lowest BCUT2D eigenvalue weighted by atomic mass is 10.2. The van der Waals surface area contributed by atoms with E-state index in [-0.39, 0.29) is 0 Å². The van der Waals surface area contributed by atoms with Crippen LogP contribution in [-0.4, -0.2) is 4.98 Å². The van der Waals surface area contributed by atoms with E-state index in [9.17, 15) is 0 Å². The molecule has 0 unspecified atom stereocenters. The largest absolute Gasteiger partial charge is 0.255 e. The van der Waals surface area contributed by atoms with Crippen LogP contribution in [0.5, 0.6) is 0 Å². The molecule has 0 aliphatic rings. The fourth-order valence-electron chi connectivity index (χ4n) is 0.933. The molecule has 0 aliphatic heterocycles. The molecule has 0 fully saturated rings. The summed E-state index contributed by atoms with van der Waals surface area (Å²) < 4.78 is 0. The summed E-state index contributed by atoms with van der Waals surface area (Å²) >= 11 is 16.9. The van der Waals surface area contributed by atoms with E-state index in [1.54, 1.807) is 0 Å². The third kappa shape index (κ3) is 2.51. The minimum absolute atomic E-state index is 0.397. The molecule has 12 heavy (non-hydrogen) atoms. The van der Waals surface area contributed by atoms with Crippen LogP contribution in [0.15, 0.2) is 12.1 Å². The lowest BCUT2D eigenvalue weighted by Gasteiger charge is -2.02. The SMILES string of the molecule is ClCc1cc(CCl)nc(CCl)c1. The molecule has 0 aromatic carbocycles. The number of hydrogen-bond acceptors (Lipinski definition) is 1. The van der Waals surface area contributed by atoms with Gasteiger partial charge in [-0.05, 0) is 17.7 Å². The van der Waals surface area contributed by atoms with Gasteiger partial charge in [0.05, 0.1) is 23.1 Å². The monoisotopic (exact) mass is 223 g/mol. The van der Waals surface area contributed by atoms with Gasteiger partial charge in [0.15, 0.2) is 0 Å². The predicted octanol–water partition coefficient (Wildman–Crippen LogP) is 3.30. The molecule has 0 N–H and O–H groups in total. The molecule has 0 atom stereocenters. The van der Waals surface area contributed by atoms with Crippen molar-refractivity contribution >= 4 is 34.8 Å². The van der Waals surface area contributed by atoms with E-state index < -0.39 is 0 Å². The molecular formula is C8H8Cl3N. The molecule has 0 bridgehead atoms. The second-order valence-electron chi connectivity index (χ2n) is 2.36. The van der Waals surface area contributed by atoms with E-state index in [0.29, 0.717) is 17.6 Å². The molecule has 1 aromatic heterocycles. The molecule has 66 valence electrons. The van der Waals surface area contributed by atoms with Crippen molar-refractivity contribution in [3.8, 4) is 0 Å². The molecule has 0 radical (unpaired) electrons. The second kappa shape index (κ2) is 4.90. The maximum Gasteiger partial charge on any atom is 0.0647 e. The highest BCUT2D eigenvalue weighted by molar-refractivity contribution is 6.18. The van der Waals surface area contributed by atoms with Gasteiger partial charge >= 0.3 is 0 Å². The standard InChI is InChI=1S/C8H8Cl3N/c9-3-6-1-7(4-10)12-8(2-6)5-11/h1-2H,3-5H2. The van der Waals surface area contributed by atoms with Crippen LogP contribution in [0.25, 0.3) is 0 Å². The van der Waals surface area contributed by atoms with Crippen molar-refractivity contribution in [3.05, 3.63) is 29.1 Å². The Balaban J connectivity index is 3.01. The highest BCUT2D eigenvalue weighted by Crippen LogP contribution is 2.11. The number of aromatic nitrogens is 1. The van der Waals surface area contributed by atoms with Crippen molar-refractivity contribution < 1.29 is 0 Å². The van der Waals surface area contributed by atoms with E-state index in [2.05, 4.69) is 4.98 Å². The Bertz CT molecular complexity index is 207. The van der Waals surface area contributed by atoms with Gasteiger partial charge in [-0.25, -0.2) is 0 Å². The van der Waals surface area contributed by atoms with Gasteiger partial charge < -0.3 is 0 Å². The Kier molecular flexibility index (Phi) is 4.13. The zero-order chi connectivity index (χ0) is 8.97. The van der Waals surface area contributed by atoms with Crippen LogP contribution in [0.2, 0.25) is 0 Å². The number of alkyl halides is 3. The van der Waals surface area contributed by atoms with Crippen LogP contribution in [0.4, 0.5) is 0 Å². The first-order valence-electron chi connectivity index (χ1n) is 3.46. The fraction of sp³-hybridized carbons (Fsp3) is 0.375. The zero-order valence-corrected chi connectivity index (χ0v) is 8.62. The summed E-state index contributed by atoms with van der Waals surface area (Å²) in [6.45, 7) is 0. The van der Waals surface area contributed by atoms with Crippen molar-refractivity contribution in [2.24, 2.45) is 0 Å². The van der Waals surface area contributed by atoms with Gasteiger partial charge in [0.2, 0.25) is 0 Å². The quantitative estimate of drug-likeness (QED) is 0.718. The number of hydrogen-bond donors (Lipinski definition) is 0. The molecule has 0 saturated heterocycles. The van der Waals surface area contributed by atoms with Gasteiger partial charge in [0.25, 0.3) is 0 Å². The highest BCUT2D eigenvalue weighted by atomic mass is 35.5. The average Bonchev–Trinajstić information content (AvgIpc) is 2.16. The van der Waals surface area contributed by atoms with E-state index >= 15 is 0 Å². The van der Waals surface area contributed by atoms with E-state index in [4.69, 9.17) is 34.8 Å². The molecule has 1 heterocycles. The summed E-state index contributed by atoms with van der Waals surface area (Å²) in [6, 6.07) is 3.77. The molecule has 0 spiro atoms. The first-order valence-corrected chi connectivity index (χ1v) is 5.07. The summed E-state index contributed by atoms with van der Waals surface area (Å²) in [5.41, 5.74) is 2.66. The van der Waals surface area contributed by atoms with Gasteiger partial charge in [-0.2, -0.15) is 0 Å². The number of pyridine rings is 1. The minimum Gasteiger partial charge on any atom is -0.255 e. The van der Waals surface area contributed by atoms with Crippen LogP contribution < -0.4 is 0 Å². The van der Waals surface area contributed by atoms with Crippen LogP contribution in [-0.2, 0) is 17.6 Å². The second-order valence-corrected chi connectivity index (χ2v) is 3.16.